The molecule has 7 heteroatoms. The number of carboxylic acids is 1. The van der Waals surface area contributed by atoms with Crippen molar-refractivity contribution in [1.29, 1.82) is 0 Å². The number of methoxy groups -OCH3 is 1. The van der Waals surface area contributed by atoms with Gasteiger partial charge in [-0.25, -0.2) is 14.5 Å². The van der Waals surface area contributed by atoms with Gasteiger partial charge in [-0.15, -0.1) is 0 Å². The Morgan fingerprint density at radius 3 is 2.81 bits per heavy atom. The van der Waals surface area contributed by atoms with Crippen LogP contribution in [0.4, 0.5) is 0 Å². The molecule has 1 heterocycles. The summed E-state index contributed by atoms with van der Waals surface area (Å²) in [7, 11) is 1.51. The van der Waals surface area contributed by atoms with Crippen molar-refractivity contribution in [2.75, 3.05) is 7.11 Å². The molecule has 0 bridgehead atoms. The molecule has 7 nitrogen and oxygen atoms in total. The molecule has 1 aromatic heterocycles. The van der Waals surface area contributed by atoms with E-state index in [0.717, 1.165) is 0 Å². The van der Waals surface area contributed by atoms with Crippen LogP contribution in [0.3, 0.4) is 0 Å². The number of carboxylic acid groups (broad SMARTS) is 1. The fourth-order valence-corrected chi connectivity index (χ4v) is 1.88. The van der Waals surface area contributed by atoms with Crippen molar-refractivity contribution in [2.24, 2.45) is 0 Å². The molecule has 0 amide bonds. The predicted octanol–water partition coefficient (Wildman–Crippen LogP) is 2.14. The third-order valence-electron chi connectivity index (χ3n) is 2.91. The number of aromatic nitrogens is 3. The number of benzene rings is 1. The standard InChI is InChI=1S/C14H17N3O4/c1-9(2)17-13(15-8-16-17)7-21-12-6-10(20-3)4-5-11(12)14(18)19/h4-6,8-9H,7H2,1-3H3,(H,18,19). The number of hydrogen-bond acceptors (Lipinski definition) is 5. The second-order valence-electron chi connectivity index (χ2n) is 4.67. The summed E-state index contributed by atoms with van der Waals surface area (Å²) >= 11 is 0. The van der Waals surface area contributed by atoms with Gasteiger partial charge in [0.2, 0.25) is 0 Å². The molecule has 0 spiro atoms. The molecule has 0 saturated carbocycles. The van der Waals surface area contributed by atoms with Gasteiger partial charge in [0.25, 0.3) is 0 Å². The van der Waals surface area contributed by atoms with E-state index in [1.807, 2.05) is 13.8 Å². The van der Waals surface area contributed by atoms with E-state index in [-0.39, 0.29) is 24.0 Å². The number of carbonyl (C=O) groups is 1. The van der Waals surface area contributed by atoms with Gasteiger partial charge in [-0.2, -0.15) is 5.10 Å². The van der Waals surface area contributed by atoms with Crippen LogP contribution in [-0.4, -0.2) is 33.0 Å². The van der Waals surface area contributed by atoms with Crippen molar-refractivity contribution in [3.63, 3.8) is 0 Å². The van der Waals surface area contributed by atoms with Crippen molar-refractivity contribution < 1.29 is 19.4 Å². The highest BCUT2D eigenvalue weighted by Crippen LogP contribution is 2.25. The molecular formula is C14H17N3O4. The van der Waals surface area contributed by atoms with Gasteiger partial charge in [0.15, 0.2) is 5.82 Å². The van der Waals surface area contributed by atoms with E-state index in [9.17, 15) is 9.90 Å². The first-order valence-corrected chi connectivity index (χ1v) is 6.45. The van der Waals surface area contributed by atoms with Gasteiger partial charge in [0.1, 0.15) is 30.0 Å². The third-order valence-corrected chi connectivity index (χ3v) is 2.91. The average molecular weight is 291 g/mol. The third kappa shape index (κ3) is 3.31. The number of rotatable bonds is 6. The maximum Gasteiger partial charge on any atom is 0.339 e. The largest absolute Gasteiger partial charge is 0.497 e. The molecule has 0 aliphatic heterocycles. The predicted molar refractivity (Wildman–Crippen MR) is 74.7 cm³/mol. The number of aromatic carboxylic acids is 1. The van der Waals surface area contributed by atoms with E-state index in [2.05, 4.69) is 10.1 Å². The Morgan fingerprint density at radius 1 is 1.43 bits per heavy atom. The molecule has 112 valence electrons. The first-order valence-electron chi connectivity index (χ1n) is 6.45. The quantitative estimate of drug-likeness (QED) is 0.877. The monoisotopic (exact) mass is 291 g/mol. The molecule has 1 aromatic carbocycles. The van der Waals surface area contributed by atoms with Gasteiger partial charge in [-0.1, -0.05) is 0 Å². The Hall–Kier alpha value is -2.57. The summed E-state index contributed by atoms with van der Waals surface area (Å²) in [4.78, 5) is 15.3. The van der Waals surface area contributed by atoms with Gasteiger partial charge >= 0.3 is 5.97 Å². The van der Waals surface area contributed by atoms with Crippen LogP contribution in [0.1, 0.15) is 36.1 Å². The molecule has 0 aliphatic carbocycles. The van der Waals surface area contributed by atoms with Crippen LogP contribution in [0.5, 0.6) is 11.5 Å². The Morgan fingerprint density at radius 2 is 2.19 bits per heavy atom. The van der Waals surface area contributed by atoms with Crippen molar-refractivity contribution in [2.45, 2.75) is 26.5 Å². The van der Waals surface area contributed by atoms with Gasteiger partial charge < -0.3 is 14.6 Å². The SMILES string of the molecule is COc1ccc(C(=O)O)c(OCc2ncnn2C(C)C)c1. The lowest BCUT2D eigenvalue weighted by molar-refractivity contribution is 0.0691. The van der Waals surface area contributed by atoms with Gasteiger partial charge in [-0.3, -0.25) is 0 Å². The van der Waals surface area contributed by atoms with Crippen LogP contribution >= 0.6 is 0 Å². The summed E-state index contributed by atoms with van der Waals surface area (Å²) in [5.41, 5.74) is 0.0754. The molecule has 0 unspecified atom stereocenters. The maximum atomic E-state index is 11.2. The summed E-state index contributed by atoms with van der Waals surface area (Å²) in [6.07, 6.45) is 1.45. The first-order chi connectivity index (χ1) is 10.0. The van der Waals surface area contributed by atoms with Gasteiger partial charge in [-0.05, 0) is 26.0 Å². The first kappa shape index (κ1) is 14.8. The topological polar surface area (TPSA) is 86.5 Å². The van der Waals surface area contributed by atoms with Crippen molar-refractivity contribution >= 4 is 5.97 Å². The Kier molecular flexibility index (Phi) is 4.42. The van der Waals surface area contributed by atoms with E-state index in [4.69, 9.17) is 9.47 Å². The van der Waals surface area contributed by atoms with E-state index in [1.54, 1.807) is 16.8 Å². The molecule has 2 aromatic rings. The van der Waals surface area contributed by atoms with Crippen molar-refractivity contribution in [3.05, 3.63) is 35.9 Å². The highest BCUT2D eigenvalue weighted by atomic mass is 16.5. The minimum atomic E-state index is -1.06. The normalized spacial score (nSPS) is 10.7. The number of hydrogen-bond donors (Lipinski definition) is 1. The molecule has 0 aliphatic rings. The zero-order valence-corrected chi connectivity index (χ0v) is 12.1. The summed E-state index contributed by atoms with van der Waals surface area (Å²) < 4.78 is 12.4. The molecule has 0 fully saturated rings. The van der Waals surface area contributed by atoms with E-state index in [0.29, 0.717) is 11.6 Å². The Bertz CT molecular complexity index is 637. The lowest BCUT2D eigenvalue weighted by atomic mass is 10.2. The van der Waals surface area contributed by atoms with Gasteiger partial charge in [0, 0.05) is 12.1 Å². The lowest BCUT2D eigenvalue weighted by Gasteiger charge is -2.12. The molecule has 2 rings (SSSR count). The van der Waals surface area contributed by atoms with Crippen LogP contribution < -0.4 is 9.47 Å². The molecule has 0 saturated heterocycles. The zero-order chi connectivity index (χ0) is 15.4. The van der Waals surface area contributed by atoms with Crippen molar-refractivity contribution in [1.82, 2.24) is 14.8 Å². The number of ether oxygens (including phenoxy) is 2. The Labute approximate surface area is 122 Å². The fourth-order valence-electron chi connectivity index (χ4n) is 1.88. The second-order valence-corrected chi connectivity index (χ2v) is 4.67. The van der Waals surface area contributed by atoms with Crippen LogP contribution in [0.25, 0.3) is 0 Å². The van der Waals surface area contributed by atoms with Crippen LogP contribution in [0, 0.1) is 0 Å². The minimum Gasteiger partial charge on any atom is -0.497 e. The van der Waals surface area contributed by atoms with Crippen LogP contribution in [0.2, 0.25) is 0 Å². The minimum absolute atomic E-state index is 0.0754. The average Bonchev–Trinajstić information content (AvgIpc) is 2.93. The fraction of sp³-hybridized carbons (Fsp3) is 0.357. The smallest absolute Gasteiger partial charge is 0.339 e. The molecule has 1 N–H and O–H groups in total. The van der Waals surface area contributed by atoms with Crippen molar-refractivity contribution in [3.8, 4) is 11.5 Å². The van der Waals surface area contributed by atoms with Crippen LogP contribution in [0.15, 0.2) is 24.5 Å². The molecule has 0 radical (unpaired) electrons. The maximum absolute atomic E-state index is 11.2. The molecule has 0 atom stereocenters. The van der Waals surface area contributed by atoms with E-state index >= 15 is 0 Å². The Balaban J connectivity index is 2.22. The van der Waals surface area contributed by atoms with Gasteiger partial charge in [0.05, 0.1) is 7.11 Å². The number of nitrogens with zero attached hydrogens (tertiary/aromatic N) is 3. The van der Waals surface area contributed by atoms with E-state index in [1.165, 1.54) is 19.5 Å². The molecular weight excluding hydrogens is 274 g/mol. The summed E-state index contributed by atoms with van der Waals surface area (Å²) in [6, 6.07) is 4.71. The molecule has 21 heavy (non-hydrogen) atoms. The highest BCUT2D eigenvalue weighted by molar-refractivity contribution is 5.91. The lowest BCUT2D eigenvalue weighted by Crippen LogP contribution is -2.12. The second kappa shape index (κ2) is 6.25. The summed E-state index contributed by atoms with van der Waals surface area (Å²) in [5.74, 6) is 0.336. The van der Waals surface area contributed by atoms with Crippen LogP contribution in [-0.2, 0) is 6.61 Å². The zero-order valence-electron chi connectivity index (χ0n) is 12.1. The highest BCUT2D eigenvalue weighted by Gasteiger charge is 2.14. The summed E-state index contributed by atoms with van der Waals surface area (Å²) in [6.45, 7) is 4.09. The van der Waals surface area contributed by atoms with E-state index < -0.39 is 5.97 Å². The summed E-state index contributed by atoms with van der Waals surface area (Å²) in [5, 5.41) is 13.3.